The summed E-state index contributed by atoms with van der Waals surface area (Å²) < 4.78 is 5.10. The lowest BCUT2D eigenvalue weighted by atomic mass is 10.1. The lowest BCUT2D eigenvalue weighted by Crippen LogP contribution is -2.33. The zero-order chi connectivity index (χ0) is 7.40. The molecule has 0 aliphatic carbocycles. The highest BCUT2D eigenvalue weighted by atomic mass is 16.6. The summed E-state index contributed by atoms with van der Waals surface area (Å²) in [5.41, 5.74) is 0. The van der Waals surface area contributed by atoms with Gasteiger partial charge in [-0.25, -0.2) is 5.11 Å². The molecule has 3 nitrogen and oxygen atoms in total. The first-order valence-electron chi connectivity index (χ1n) is 3.81. The van der Waals surface area contributed by atoms with Crippen LogP contribution in [0.15, 0.2) is 0 Å². The molecule has 0 aromatic heterocycles. The van der Waals surface area contributed by atoms with E-state index in [1.54, 1.807) is 6.92 Å². The van der Waals surface area contributed by atoms with Crippen molar-refractivity contribution in [2.45, 2.75) is 32.2 Å². The van der Waals surface area contributed by atoms with Gasteiger partial charge in [0.15, 0.2) is 6.29 Å². The highest BCUT2D eigenvalue weighted by Gasteiger charge is 2.15. The van der Waals surface area contributed by atoms with Gasteiger partial charge in [-0.1, -0.05) is 0 Å². The lowest BCUT2D eigenvalue weighted by Gasteiger charge is -2.23. The smallest absolute Gasteiger partial charge is 0.188 e. The maximum atomic E-state index is 10.6. The van der Waals surface area contributed by atoms with Crippen LogP contribution in [0.4, 0.5) is 0 Å². The van der Waals surface area contributed by atoms with Gasteiger partial charge in [-0.05, 0) is 32.9 Å². The van der Waals surface area contributed by atoms with Gasteiger partial charge in [0.2, 0.25) is 0 Å². The molecule has 0 spiro atoms. The minimum atomic E-state index is -0.858. The van der Waals surface area contributed by atoms with Gasteiger partial charge in [0.25, 0.3) is 0 Å². The first-order chi connectivity index (χ1) is 4.79. The van der Waals surface area contributed by atoms with Gasteiger partial charge in [-0.15, -0.1) is 0 Å². The van der Waals surface area contributed by atoms with Crippen LogP contribution in [-0.4, -0.2) is 25.5 Å². The molecule has 1 unspecified atom stereocenters. The topological polar surface area (TPSA) is 41.2 Å². The second kappa shape index (κ2) is 3.91. The quantitative estimate of drug-likeness (QED) is 0.574. The summed E-state index contributed by atoms with van der Waals surface area (Å²) in [4.78, 5) is 0. The summed E-state index contributed by atoms with van der Waals surface area (Å²) in [5, 5.41) is 13.8. The van der Waals surface area contributed by atoms with Gasteiger partial charge in [-0.3, -0.25) is 0 Å². The Labute approximate surface area is 61.4 Å². The molecular formula is C7H14NO2. The molecule has 0 saturated carbocycles. The molecule has 0 aromatic carbocycles. The Morgan fingerprint density at radius 1 is 1.50 bits per heavy atom. The van der Waals surface area contributed by atoms with Crippen LogP contribution in [-0.2, 0) is 9.84 Å². The summed E-state index contributed by atoms with van der Waals surface area (Å²) in [5.74, 6) is 0. The van der Waals surface area contributed by atoms with Crippen LogP contribution in [0.1, 0.15) is 19.8 Å². The van der Waals surface area contributed by atoms with E-state index in [1.807, 2.05) is 0 Å². The Morgan fingerprint density at radius 2 is 2.10 bits per heavy atom. The van der Waals surface area contributed by atoms with Crippen molar-refractivity contribution in [3.05, 3.63) is 0 Å². The zero-order valence-corrected chi connectivity index (χ0v) is 6.30. The van der Waals surface area contributed by atoms with Crippen molar-refractivity contribution >= 4 is 0 Å². The molecule has 1 rings (SSSR count). The average molecular weight is 144 g/mol. The molecule has 1 aliphatic rings. The number of piperidine rings is 1. The van der Waals surface area contributed by atoms with Crippen LogP contribution in [0.25, 0.3) is 0 Å². The fourth-order valence-corrected chi connectivity index (χ4v) is 1.20. The third-order valence-electron chi connectivity index (χ3n) is 1.67. The lowest BCUT2D eigenvalue weighted by molar-refractivity contribution is -0.163. The predicted octanol–water partition coefficient (Wildman–Crippen LogP) is 0.531. The Kier molecular flexibility index (Phi) is 3.12. The molecule has 1 saturated heterocycles. The van der Waals surface area contributed by atoms with E-state index in [0.29, 0.717) is 0 Å². The molecule has 0 amide bonds. The summed E-state index contributed by atoms with van der Waals surface area (Å²) in [7, 11) is 0. The van der Waals surface area contributed by atoms with E-state index in [4.69, 9.17) is 4.74 Å². The van der Waals surface area contributed by atoms with E-state index >= 15 is 0 Å². The van der Waals surface area contributed by atoms with E-state index < -0.39 is 6.29 Å². The Bertz CT molecular complexity index is 89.6. The van der Waals surface area contributed by atoms with Crippen LogP contribution in [0, 0.1) is 0 Å². The van der Waals surface area contributed by atoms with Crippen LogP contribution in [0.5, 0.6) is 0 Å². The minimum absolute atomic E-state index is 0.203. The van der Waals surface area contributed by atoms with Gasteiger partial charge in [0.1, 0.15) is 0 Å². The first kappa shape index (κ1) is 7.98. The second-order valence-electron chi connectivity index (χ2n) is 2.65. The molecule has 3 heteroatoms. The third-order valence-corrected chi connectivity index (χ3v) is 1.67. The standard InChI is InChI=1S/C7H14NO2/c1-6(9)10-7-2-4-8-5-3-7/h6-8H,2-5H2,1H3. The molecular weight excluding hydrogens is 130 g/mol. The van der Waals surface area contributed by atoms with Crippen LogP contribution >= 0.6 is 0 Å². The van der Waals surface area contributed by atoms with E-state index in [0.717, 1.165) is 25.9 Å². The average Bonchev–Trinajstić information content (AvgIpc) is 1.88. The maximum Gasteiger partial charge on any atom is 0.188 e. The summed E-state index contributed by atoms with van der Waals surface area (Å²) in [6, 6.07) is 0. The minimum Gasteiger partial charge on any atom is -0.347 e. The SMILES string of the molecule is CC([O])OC1CCNCC1. The molecule has 10 heavy (non-hydrogen) atoms. The van der Waals surface area contributed by atoms with Crippen molar-refractivity contribution in [2.75, 3.05) is 13.1 Å². The molecule has 1 fully saturated rings. The second-order valence-corrected chi connectivity index (χ2v) is 2.65. The monoisotopic (exact) mass is 144 g/mol. The summed E-state index contributed by atoms with van der Waals surface area (Å²) >= 11 is 0. The van der Waals surface area contributed by atoms with Crippen LogP contribution in [0.2, 0.25) is 0 Å². The van der Waals surface area contributed by atoms with E-state index in [9.17, 15) is 5.11 Å². The van der Waals surface area contributed by atoms with Crippen LogP contribution < -0.4 is 5.32 Å². The summed E-state index contributed by atoms with van der Waals surface area (Å²) in [6.07, 6.45) is 1.30. The highest BCUT2D eigenvalue weighted by molar-refractivity contribution is 4.67. The molecule has 0 aromatic rings. The van der Waals surface area contributed by atoms with Crippen molar-refractivity contribution in [1.29, 1.82) is 0 Å². The van der Waals surface area contributed by atoms with Crippen molar-refractivity contribution in [3.8, 4) is 0 Å². The predicted molar refractivity (Wildman–Crippen MR) is 37.1 cm³/mol. The molecule has 1 atom stereocenters. The van der Waals surface area contributed by atoms with Gasteiger partial charge >= 0.3 is 0 Å². The Morgan fingerprint density at radius 3 is 2.60 bits per heavy atom. The van der Waals surface area contributed by atoms with Gasteiger partial charge in [-0.2, -0.15) is 0 Å². The van der Waals surface area contributed by atoms with Crippen LogP contribution in [0.3, 0.4) is 0 Å². The van der Waals surface area contributed by atoms with Crippen molar-refractivity contribution < 1.29 is 9.84 Å². The molecule has 1 N–H and O–H groups in total. The molecule has 0 bridgehead atoms. The van der Waals surface area contributed by atoms with Gasteiger partial charge in [0, 0.05) is 0 Å². The Hall–Kier alpha value is -0.120. The maximum absolute atomic E-state index is 10.6. The molecule has 1 aliphatic heterocycles. The number of hydrogen-bond donors (Lipinski definition) is 1. The van der Waals surface area contributed by atoms with E-state index in [-0.39, 0.29) is 6.10 Å². The third kappa shape index (κ3) is 2.64. The Balaban J connectivity index is 2.13. The molecule has 1 radical (unpaired) electrons. The largest absolute Gasteiger partial charge is 0.347 e. The highest BCUT2D eigenvalue weighted by Crippen LogP contribution is 2.08. The fraction of sp³-hybridized carbons (Fsp3) is 1.00. The van der Waals surface area contributed by atoms with Crippen molar-refractivity contribution in [3.63, 3.8) is 0 Å². The first-order valence-corrected chi connectivity index (χ1v) is 3.81. The van der Waals surface area contributed by atoms with E-state index in [1.165, 1.54) is 0 Å². The van der Waals surface area contributed by atoms with Gasteiger partial charge in [0.05, 0.1) is 6.10 Å². The fourth-order valence-electron chi connectivity index (χ4n) is 1.20. The molecule has 59 valence electrons. The zero-order valence-electron chi connectivity index (χ0n) is 6.30. The van der Waals surface area contributed by atoms with E-state index in [2.05, 4.69) is 5.32 Å². The molecule has 1 heterocycles. The summed E-state index contributed by atoms with van der Waals surface area (Å²) in [6.45, 7) is 3.51. The normalized spacial score (nSPS) is 24.6. The van der Waals surface area contributed by atoms with Crippen molar-refractivity contribution in [1.82, 2.24) is 5.32 Å². The van der Waals surface area contributed by atoms with Gasteiger partial charge < -0.3 is 10.1 Å². The number of ether oxygens (including phenoxy) is 1. The van der Waals surface area contributed by atoms with Crippen molar-refractivity contribution in [2.24, 2.45) is 0 Å². The number of rotatable bonds is 2. The number of hydrogen-bond acceptors (Lipinski definition) is 2. The number of nitrogens with one attached hydrogen (secondary N) is 1.